The third kappa shape index (κ3) is 4.00. The molecular formula is C19H20N2O3. The van der Waals surface area contributed by atoms with Crippen molar-refractivity contribution in [3.8, 4) is 0 Å². The van der Waals surface area contributed by atoms with Gasteiger partial charge in [-0.05, 0) is 36.6 Å². The molecule has 0 saturated heterocycles. The number of rotatable bonds is 6. The molecule has 124 valence electrons. The van der Waals surface area contributed by atoms with Gasteiger partial charge >= 0.3 is 0 Å². The Balaban J connectivity index is 1.68. The predicted octanol–water partition coefficient (Wildman–Crippen LogP) is 2.50. The highest BCUT2D eigenvalue weighted by Crippen LogP contribution is 2.30. The summed E-state index contributed by atoms with van der Waals surface area (Å²) in [6, 6.07) is 15.7. The van der Waals surface area contributed by atoms with E-state index in [2.05, 4.69) is 10.6 Å². The molecule has 0 bridgehead atoms. The van der Waals surface area contributed by atoms with Crippen LogP contribution in [0, 0.1) is 5.92 Å². The zero-order valence-corrected chi connectivity index (χ0v) is 13.2. The Morgan fingerprint density at radius 2 is 1.83 bits per heavy atom. The first-order chi connectivity index (χ1) is 11.7. The zero-order valence-electron chi connectivity index (χ0n) is 13.2. The van der Waals surface area contributed by atoms with Gasteiger partial charge in [-0.25, -0.2) is 0 Å². The van der Waals surface area contributed by atoms with Gasteiger partial charge in [0, 0.05) is 17.2 Å². The van der Waals surface area contributed by atoms with E-state index >= 15 is 0 Å². The fourth-order valence-electron chi connectivity index (χ4n) is 2.49. The minimum Gasteiger partial charge on any atom is -0.394 e. The van der Waals surface area contributed by atoms with Gasteiger partial charge in [0.15, 0.2) is 0 Å². The molecule has 0 aliphatic heterocycles. The summed E-state index contributed by atoms with van der Waals surface area (Å²) in [6.07, 6.45) is 1.86. The van der Waals surface area contributed by atoms with Crippen molar-refractivity contribution in [1.82, 2.24) is 5.32 Å². The molecule has 2 aromatic rings. The molecule has 1 fully saturated rings. The van der Waals surface area contributed by atoms with Crippen molar-refractivity contribution in [3.63, 3.8) is 0 Å². The molecule has 2 aromatic carbocycles. The van der Waals surface area contributed by atoms with Crippen LogP contribution in [0.1, 0.15) is 34.8 Å². The summed E-state index contributed by atoms with van der Waals surface area (Å²) in [4.78, 5) is 24.3. The van der Waals surface area contributed by atoms with E-state index in [0.717, 1.165) is 18.4 Å². The molecule has 1 unspecified atom stereocenters. The quantitative estimate of drug-likeness (QED) is 0.764. The Bertz CT molecular complexity index is 726. The standard InChI is InChI=1S/C19H20N2O3/c22-12-17(13-5-2-1-3-6-13)21-19(24)15-7-4-8-16(11-15)20-18(23)14-9-10-14/h1-8,11,14,17,22H,9-10,12H2,(H,20,23)(H,21,24). The number of nitrogens with one attached hydrogen (secondary N) is 2. The van der Waals surface area contributed by atoms with E-state index in [1.165, 1.54) is 0 Å². The molecule has 1 saturated carbocycles. The first kappa shape index (κ1) is 16.2. The van der Waals surface area contributed by atoms with Crippen LogP contribution >= 0.6 is 0 Å². The lowest BCUT2D eigenvalue weighted by molar-refractivity contribution is -0.117. The van der Waals surface area contributed by atoms with Crippen LogP contribution in [-0.4, -0.2) is 23.5 Å². The lowest BCUT2D eigenvalue weighted by atomic mass is 10.1. The van der Waals surface area contributed by atoms with Gasteiger partial charge in [-0.15, -0.1) is 0 Å². The molecule has 24 heavy (non-hydrogen) atoms. The van der Waals surface area contributed by atoms with E-state index in [9.17, 15) is 14.7 Å². The Morgan fingerprint density at radius 3 is 2.50 bits per heavy atom. The maximum absolute atomic E-state index is 12.4. The fraction of sp³-hybridized carbons (Fsp3) is 0.263. The van der Waals surface area contributed by atoms with Crippen molar-refractivity contribution in [2.24, 2.45) is 5.92 Å². The van der Waals surface area contributed by atoms with Gasteiger partial charge in [0.05, 0.1) is 12.6 Å². The van der Waals surface area contributed by atoms with Crippen molar-refractivity contribution in [2.45, 2.75) is 18.9 Å². The third-order valence-electron chi connectivity index (χ3n) is 4.03. The molecule has 0 heterocycles. The van der Waals surface area contributed by atoms with Crippen LogP contribution in [-0.2, 0) is 4.79 Å². The van der Waals surface area contributed by atoms with Gasteiger partial charge < -0.3 is 15.7 Å². The highest BCUT2D eigenvalue weighted by atomic mass is 16.3. The number of anilines is 1. The monoisotopic (exact) mass is 324 g/mol. The van der Waals surface area contributed by atoms with Gasteiger partial charge in [0.25, 0.3) is 5.91 Å². The summed E-state index contributed by atoms with van der Waals surface area (Å²) in [6.45, 7) is -0.187. The second kappa shape index (κ2) is 7.27. The van der Waals surface area contributed by atoms with Crippen molar-refractivity contribution in [1.29, 1.82) is 0 Å². The topological polar surface area (TPSA) is 78.4 Å². The van der Waals surface area contributed by atoms with Crippen LogP contribution in [0.25, 0.3) is 0 Å². The lowest BCUT2D eigenvalue weighted by Gasteiger charge is -2.17. The summed E-state index contributed by atoms with van der Waals surface area (Å²) in [5, 5.41) is 15.2. The number of hydrogen-bond acceptors (Lipinski definition) is 3. The highest BCUT2D eigenvalue weighted by molar-refractivity contribution is 5.98. The lowest BCUT2D eigenvalue weighted by Crippen LogP contribution is -2.30. The maximum atomic E-state index is 12.4. The number of benzene rings is 2. The highest BCUT2D eigenvalue weighted by Gasteiger charge is 2.29. The molecule has 2 amide bonds. The molecule has 1 aliphatic carbocycles. The van der Waals surface area contributed by atoms with Gasteiger partial charge in [-0.1, -0.05) is 36.4 Å². The fourth-order valence-corrected chi connectivity index (χ4v) is 2.49. The second-order valence-electron chi connectivity index (χ2n) is 5.96. The molecule has 0 aromatic heterocycles. The first-order valence-electron chi connectivity index (χ1n) is 8.05. The van der Waals surface area contributed by atoms with Crippen molar-refractivity contribution in [2.75, 3.05) is 11.9 Å². The van der Waals surface area contributed by atoms with Crippen LogP contribution in [0.5, 0.6) is 0 Å². The van der Waals surface area contributed by atoms with Crippen molar-refractivity contribution >= 4 is 17.5 Å². The molecule has 1 atom stereocenters. The molecular weight excluding hydrogens is 304 g/mol. The number of carbonyl (C=O) groups excluding carboxylic acids is 2. The average Bonchev–Trinajstić information content (AvgIpc) is 3.45. The number of carbonyl (C=O) groups is 2. The molecule has 3 N–H and O–H groups in total. The Kier molecular flexibility index (Phi) is 4.91. The molecule has 5 heteroatoms. The zero-order chi connectivity index (χ0) is 16.9. The number of aliphatic hydroxyl groups is 1. The maximum Gasteiger partial charge on any atom is 0.251 e. The van der Waals surface area contributed by atoms with E-state index in [0.29, 0.717) is 11.3 Å². The van der Waals surface area contributed by atoms with E-state index in [1.807, 2.05) is 30.3 Å². The Morgan fingerprint density at radius 1 is 1.08 bits per heavy atom. The Hall–Kier alpha value is -2.66. The second-order valence-corrected chi connectivity index (χ2v) is 5.96. The average molecular weight is 324 g/mol. The molecule has 0 radical (unpaired) electrons. The summed E-state index contributed by atoms with van der Waals surface area (Å²) in [5.74, 6) is -0.176. The third-order valence-corrected chi connectivity index (χ3v) is 4.03. The van der Waals surface area contributed by atoms with Crippen molar-refractivity contribution < 1.29 is 14.7 Å². The normalized spacial score (nSPS) is 14.7. The van der Waals surface area contributed by atoms with Crippen LogP contribution in [0.2, 0.25) is 0 Å². The van der Waals surface area contributed by atoms with Crippen LogP contribution in [0.3, 0.4) is 0 Å². The van der Waals surface area contributed by atoms with Crippen LogP contribution < -0.4 is 10.6 Å². The van der Waals surface area contributed by atoms with Gasteiger partial charge in [0.1, 0.15) is 0 Å². The molecule has 0 spiro atoms. The minimum absolute atomic E-state index is 0.00470. The van der Waals surface area contributed by atoms with E-state index in [-0.39, 0.29) is 24.3 Å². The summed E-state index contributed by atoms with van der Waals surface area (Å²) in [5.41, 5.74) is 1.89. The predicted molar refractivity (Wildman–Crippen MR) is 91.5 cm³/mol. The number of amides is 2. The summed E-state index contributed by atoms with van der Waals surface area (Å²) < 4.78 is 0. The molecule has 3 rings (SSSR count). The largest absolute Gasteiger partial charge is 0.394 e. The van der Waals surface area contributed by atoms with E-state index in [4.69, 9.17) is 0 Å². The molecule has 5 nitrogen and oxygen atoms in total. The van der Waals surface area contributed by atoms with E-state index < -0.39 is 6.04 Å². The SMILES string of the molecule is O=C(NC(CO)c1ccccc1)c1cccc(NC(=O)C2CC2)c1. The van der Waals surface area contributed by atoms with Crippen molar-refractivity contribution in [3.05, 3.63) is 65.7 Å². The number of aliphatic hydroxyl groups excluding tert-OH is 1. The van der Waals surface area contributed by atoms with Gasteiger partial charge in [-0.2, -0.15) is 0 Å². The first-order valence-corrected chi connectivity index (χ1v) is 8.05. The van der Waals surface area contributed by atoms with Crippen LogP contribution in [0.4, 0.5) is 5.69 Å². The Labute approximate surface area is 140 Å². The van der Waals surface area contributed by atoms with Gasteiger partial charge in [-0.3, -0.25) is 9.59 Å². The van der Waals surface area contributed by atoms with Gasteiger partial charge in [0.2, 0.25) is 5.91 Å². The van der Waals surface area contributed by atoms with Crippen LogP contribution in [0.15, 0.2) is 54.6 Å². The smallest absolute Gasteiger partial charge is 0.251 e. The van der Waals surface area contributed by atoms with E-state index in [1.54, 1.807) is 24.3 Å². The molecule has 1 aliphatic rings. The number of hydrogen-bond donors (Lipinski definition) is 3. The summed E-state index contributed by atoms with van der Waals surface area (Å²) >= 11 is 0. The minimum atomic E-state index is -0.469. The summed E-state index contributed by atoms with van der Waals surface area (Å²) in [7, 11) is 0.